The zero-order chi connectivity index (χ0) is 25.5. The fraction of sp³-hybridized carbons (Fsp3) is 0.148. The highest BCUT2D eigenvalue weighted by molar-refractivity contribution is 7.98. The molecule has 1 atom stereocenters. The van der Waals surface area contributed by atoms with Gasteiger partial charge in [-0.25, -0.2) is 0 Å². The van der Waals surface area contributed by atoms with Crippen molar-refractivity contribution in [1.29, 1.82) is 0 Å². The lowest BCUT2D eigenvalue weighted by Crippen LogP contribution is -2.27. The molecule has 3 aromatic carbocycles. The van der Waals surface area contributed by atoms with E-state index in [4.69, 9.17) is 27.9 Å². The number of amides is 1. The summed E-state index contributed by atoms with van der Waals surface area (Å²) in [5.41, 5.74) is 2.64. The maximum absolute atomic E-state index is 12.6. The number of aromatic nitrogens is 3. The summed E-state index contributed by atoms with van der Waals surface area (Å²) in [7, 11) is 1.64. The van der Waals surface area contributed by atoms with E-state index >= 15 is 0 Å². The zero-order valence-corrected chi connectivity index (χ0v) is 22.0. The lowest BCUT2D eigenvalue weighted by molar-refractivity contribution is -0.117. The van der Waals surface area contributed by atoms with Crippen molar-refractivity contribution in [2.45, 2.75) is 23.9 Å². The summed E-state index contributed by atoms with van der Waals surface area (Å²) in [5.74, 6) is 1.71. The molecule has 0 saturated carbocycles. The molecule has 0 radical (unpaired) electrons. The third-order valence-electron chi connectivity index (χ3n) is 5.28. The SMILES string of the molecule is COc1cccc(CSc2nnc(C(C)NC(=O)/C=C/c3ccccc3)n2-c2cc(Cl)ccc2Cl)c1. The van der Waals surface area contributed by atoms with Gasteiger partial charge >= 0.3 is 0 Å². The van der Waals surface area contributed by atoms with Gasteiger partial charge in [0.05, 0.1) is 23.9 Å². The van der Waals surface area contributed by atoms with Crippen LogP contribution in [0.5, 0.6) is 5.75 Å². The zero-order valence-electron chi connectivity index (χ0n) is 19.7. The molecule has 0 aliphatic rings. The molecule has 6 nitrogen and oxygen atoms in total. The topological polar surface area (TPSA) is 69.0 Å². The molecule has 0 spiro atoms. The first kappa shape index (κ1) is 25.8. The number of benzene rings is 3. The van der Waals surface area contributed by atoms with Crippen molar-refractivity contribution in [3.63, 3.8) is 0 Å². The van der Waals surface area contributed by atoms with Crippen LogP contribution in [0.25, 0.3) is 11.8 Å². The van der Waals surface area contributed by atoms with Gasteiger partial charge in [-0.1, -0.05) is 77.4 Å². The van der Waals surface area contributed by atoms with Gasteiger partial charge in [-0.2, -0.15) is 0 Å². The Morgan fingerprint density at radius 3 is 2.67 bits per heavy atom. The second kappa shape index (κ2) is 12.1. The lowest BCUT2D eigenvalue weighted by atomic mass is 10.2. The molecular formula is C27H24Cl2N4O2S. The van der Waals surface area contributed by atoms with E-state index in [0.717, 1.165) is 16.9 Å². The van der Waals surface area contributed by atoms with Crippen LogP contribution in [0.2, 0.25) is 10.0 Å². The van der Waals surface area contributed by atoms with Gasteiger partial charge in [0.2, 0.25) is 5.91 Å². The standard InChI is InChI=1S/C27H24Cl2N4O2S/c1-18(30-25(34)14-11-19-7-4-3-5-8-19)26-31-32-27(33(26)24-16-21(28)12-13-23(24)29)36-17-20-9-6-10-22(15-20)35-2/h3-16,18H,17H2,1-2H3,(H,30,34)/b14-11+. The monoisotopic (exact) mass is 538 g/mol. The number of carbonyl (C=O) groups is 1. The van der Waals surface area contributed by atoms with Gasteiger partial charge in [-0.15, -0.1) is 10.2 Å². The molecule has 4 aromatic rings. The molecule has 1 aromatic heterocycles. The Morgan fingerprint density at radius 2 is 1.89 bits per heavy atom. The number of carbonyl (C=O) groups excluding carboxylic acids is 1. The van der Waals surface area contributed by atoms with Gasteiger partial charge in [0.25, 0.3) is 0 Å². The van der Waals surface area contributed by atoms with Crippen LogP contribution in [-0.2, 0) is 10.5 Å². The van der Waals surface area contributed by atoms with Crippen LogP contribution in [0.15, 0.2) is 84.0 Å². The first-order chi connectivity index (χ1) is 17.4. The molecular weight excluding hydrogens is 515 g/mol. The van der Waals surface area contributed by atoms with Crippen LogP contribution in [-0.4, -0.2) is 27.8 Å². The summed E-state index contributed by atoms with van der Waals surface area (Å²) in [6, 6.07) is 22.2. The van der Waals surface area contributed by atoms with Crippen LogP contribution in [0.3, 0.4) is 0 Å². The molecule has 1 unspecified atom stereocenters. The number of nitrogens with one attached hydrogen (secondary N) is 1. The molecule has 9 heteroatoms. The Bertz CT molecular complexity index is 1380. The fourth-order valence-corrected chi connectivity index (χ4v) is 4.77. The summed E-state index contributed by atoms with van der Waals surface area (Å²) in [6.07, 6.45) is 3.26. The maximum Gasteiger partial charge on any atom is 0.244 e. The van der Waals surface area contributed by atoms with Crippen molar-refractivity contribution in [1.82, 2.24) is 20.1 Å². The number of halogens is 2. The van der Waals surface area contributed by atoms with Crippen LogP contribution in [0.4, 0.5) is 0 Å². The minimum absolute atomic E-state index is 0.247. The third kappa shape index (κ3) is 6.49. The molecule has 184 valence electrons. The minimum atomic E-state index is -0.452. The highest BCUT2D eigenvalue weighted by Crippen LogP contribution is 2.32. The quantitative estimate of drug-likeness (QED) is 0.188. The molecule has 0 saturated heterocycles. The summed E-state index contributed by atoms with van der Waals surface area (Å²) in [5, 5.41) is 13.4. The molecule has 0 aliphatic heterocycles. The maximum atomic E-state index is 12.6. The molecule has 36 heavy (non-hydrogen) atoms. The average Bonchev–Trinajstić information content (AvgIpc) is 3.32. The molecule has 1 amide bonds. The van der Waals surface area contributed by atoms with E-state index < -0.39 is 6.04 Å². The second-order valence-electron chi connectivity index (χ2n) is 7.89. The number of ether oxygens (including phenoxy) is 1. The molecule has 0 aliphatic carbocycles. The van der Waals surface area contributed by atoms with Crippen molar-refractivity contribution in [2.75, 3.05) is 7.11 Å². The van der Waals surface area contributed by atoms with Crippen LogP contribution in [0.1, 0.15) is 29.9 Å². The van der Waals surface area contributed by atoms with E-state index in [2.05, 4.69) is 15.5 Å². The first-order valence-electron chi connectivity index (χ1n) is 11.1. The van der Waals surface area contributed by atoms with Gasteiger partial charge in [0, 0.05) is 16.9 Å². The van der Waals surface area contributed by atoms with Crippen molar-refractivity contribution >= 4 is 46.9 Å². The minimum Gasteiger partial charge on any atom is -0.497 e. The van der Waals surface area contributed by atoms with Gasteiger partial charge in [0.1, 0.15) is 5.75 Å². The van der Waals surface area contributed by atoms with E-state index in [1.54, 1.807) is 31.4 Å². The van der Waals surface area contributed by atoms with E-state index in [1.807, 2.05) is 66.1 Å². The first-order valence-corrected chi connectivity index (χ1v) is 12.9. The number of nitrogens with zero attached hydrogens (tertiary/aromatic N) is 3. The third-order valence-corrected chi connectivity index (χ3v) is 6.84. The molecule has 4 rings (SSSR count). The normalized spacial score (nSPS) is 12.0. The number of methoxy groups -OCH3 is 1. The lowest BCUT2D eigenvalue weighted by Gasteiger charge is -2.17. The van der Waals surface area contributed by atoms with E-state index in [9.17, 15) is 4.79 Å². The highest BCUT2D eigenvalue weighted by Gasteiger charge is 2.22. The van der Waals surface area contributed by atoms with E-state index in [1.165, 1.54) is 17.8 Å². The van der Waals surface area contributed by atoms with Crippen molar-refractivity contribution in [3.8, 4) is 11.4 Å². The summed E-state index contributed by atoms with van der Waals surface area (Å²) in [4.78, 5) is 12.6. The van der Waals surface area contributed by atoms with E-state index in [0.29, 0.717) is 32.5 Å². The Hall–Kier alpha value is -3.26. The van der Waals surface area contributed by atoms with E-state index in [-0.39, 0.29) is 5.91 Å². The largest absolute Gasteiger partial charge is 0.497 e. The molecule has 1 N–H and O–H groups in total. The number of hydrogen-bond donors (Lipinski definition) is 1. The summed E-state index contributed by atoms with van der Waals surface area (Å²) < 4.78 is 7.17. The highest BCUT2D eigenvalue weighted by atomic mass is 35.5. The fourth-order valence-electron chi connectivity index (χ4n) is 3.51. The summed E-state index contributed by atoms with van der Waals surface area (Å²) in [6.45, 7) is 1.85. The Morgan fingerprint density at radius 1 is 1.08 bits per heavy atom. The van der Waals surface area contributed by atoms with Crippen LogP contribution in [0, 0.1) is 0 Å². The number of rotatable bonds is 9. The van der Waals surface area contributed by atoms with Crippen molar-refractivity contribution in [3.05, 3.63) is 106 Å². The van der Waals surface area contributed by atoms with Crippen LogP contribution < -0.4 is 10.1 Å². The predicted octanol–water partition coefficient (Wildman–Crippen LogP) is 6.77. The van der Waals surface area contributed by atoms with Crippen LogP contribution >= 0.6 is 35.0 Å². The molecule has 0 bridgehead atoms. The van der Waals surface area contributed by atoms with Gasteiger partial charge < -0.3 is 10.1 Å². The van der Waals surface area contributed by atoms with Gasteiger partial charge in [0.15, 0.2) is 11.0 Å². The van der Waals surface area contributed by atoms with Gasteiger partial charge in [-0.05, 0) is 54.5 Å². The average molecular weight is 539 g/mol. The number of thioether (sulfide) groups is 1. The van der Waals surface area contributed by atoms with Gasteiger partial charge in [-0.3, -0.25) is 9.36 Å². The number of hydrogen-bond acceptors (Lipinski definition) is 5. The van der Waals surface area contributed by atoms with Crippen molar-refractivity contribution < 1.29 is 9.53 Å². The Labute approximate surface area is 224 Å². The smallest absolute Gasteiger partial charge is 0.244 e. The molecule has 1 heterocycles. The summed E-state index contributed by atoms with van der Waals surface area (Å²) >= 11 is 14.4. The van der Waals surface area contributed by atoms with Crippen molar-refractivity contribution in [2.24, 2.45) is 0 Å². The predicted molar refractivity (Wildman–Crippen MR) is 146 cm³/mol. The second-order valence-corrected chi connectivity index (χ2v) is 9.67. The Kier molecular flexibility index (Phi) is 8.70. The Balaban J connectivity index is 1.60. The molecule has 0 fully saturated rings.